The molecule has 0 atom stereocenters. The van der Waals surface area contributed by atoms with E-state index in [1.54, 1.807) is 22.7 Å². The summed E-state index contributed by atoms with van der Waals surface area (Å²) in [7, 11) is 0. The molecule has 8 aromatic heterocycles. The molecule has 0 spiro atoms. The van der Waals surface area contributed by atoms with E-state index in [0.29, 0.717) is 11.6 Å². The number of hydrogen-bond acceptors (Lipinski definition) is 8. The largest absolute Gasteiger partial charge is 0.455 e. The van der Waals surface area contributed by atoms with E-state index in [9.17, 15) is 0 Å². The number of hydrogen-bond donors (Lipinski definition) is 0. The number of furan rings is 1. The van der Waals surface area contributed by atoms with Crippen molar-refractivity contribution in [2.75, 3.05) is 0 Å². The first-order chi connectivity index (χ1) is 44.6. The van der Waals surface area contributed by atoms with Crippen LogP contribution in [0.25, 0.3) is 194 Å². The van der Waals surface area contributed by atoms with E-state index >= 15 is 0 Å². The van der Waals surface area contributed by atoms with Crippen LogP contribution in [-0.4, -0.2) is 29.1 Å². The Kier molecular flexibility index (Phi) is 10.6. The van der Waals surface area contributed by atoms with Gasteiger partial charge >= 0.3 is 0 Å². The van der Waals surface area contributed by atoms with E-state index in [0.717, 1.165) is 148 Å². The van der Waals surface area contributed by atoms with Crippen molar-refractivity contribution in [3.8, 4) is 67.8 Å². The molecule has 0 bridgehead atoms. The Hall–Kier alpha value is -11.1. The van der Waals surface area contributed by atoms with Crippen molar-refractivity contribution < 1.29 is 4.42 Å². The summed E-state index contributed by atoms with van der Waals surface area (Å²) in [6.45, 7) is 0. The molecular weight excluding hydrogens is 1160 g/mol. The van der Waals surface area contributed by atoms with E-state index < -0.39 is 0 Å². The molecule has 418 valence electrons. The second-order valence-corrected chi connectivity index (χ2v) is 26.3. The molecule has 0 unspecified atom stereocenters. The maximum absolute atomic E-state index is 7.05. The smallest absolute Gasteiger partial charge is 0.166 e. The lowest BCUT2D eigenvalue weighted by atomic mass is 10.0. The molecule has 20 rings (SSSR count). The average Bonchev–Trinajstić information content (AvgIpc) is 1.61. The predicted octanol–water partition coefficient (Wildman–Crippen LogP) is 22.8. The highest BCUT2D eigenvalue weighted by atomic mass is 32.1. The van der Waals surface area contributed by atoms with Crippen LogP contribution in [0, 0.1) is 0 Å². The van der Waals surface area contributed by atoms with Gasteiger partial charge in [-0.2, -0.15) is 0 Å². The standard InChI is InChI=1S/C80H44N6OS3/c1-3-19-45(20-4-1)72-77-73(55-27-11-17-33-68(55)89-77)84-80(81-72)71-63(40-38-54-52-25-9-15-31-66(52)87-76(54)71)86-60-29-13-7-23-49(60)51-37-35-48(42-64(51)86)47-36-39-62-57(41-47)50-24-8-14-30-61(50)85(62)65-44-70-58(53-26-10-16-32-67(53)88-70)43-59(65)75-78-74(56-28-12-18-34-69(56)90-78)82-79(83-75)46-21-5-2-6-22-46/h1-44H. The van der Waals surface area contributed by atoms with Crippen LogP contribution in [0.2, 0.25) is 0 Å². The first-order valence-electron chi connectivity index (χ1n) is 30.1. The Morgan fingerprint density at radius 3 is 1.54 bits per heavy atom. The van der Waals surface area contributed by atoms with Gasteiger partial charge in [-0.15, -0.1) is 34.0 Å². The molecule has 0 amide bonds. The van der Waals surface area contributed by atoms with Gasteiger partial charge in [-0.25, -0.2) is 19.9 Å². The summed E-state index contributed by atoms with van der Waals surface area (Å²) in [6.07, 6.45) is 0. The normalized spacial score (nSPS) is 12.2. The molecule has 0 saturated carbocycles. The number of rotatable bonds is 7. The van der Waals surface area contributed by atoms with E-state index in [1.165, 1.54) is 35.0 Å². The van der Waals surface area contributed by atoms with E-state index in [2.05, 4.69) is 264 Å². The fraction of sp³-hybridized carbons (Fsp3) is 0. The number of para-hydroxylation sites is 3. The first-order valence-corrected chi connectivity index (χ1v) is 32.5. The van der Waals surface area contributed by atoms with Crippen LogP contribution >= 0.6 is 34.0 Å². The third-order valence-electron chi connectivity index (χ3n) is 18.2. The molecule has 0 radical (unpaired) electrons. The van der Waals surface area contributed by atoms with E-state index in [4.69, 9.17) is 24.4 Å². The van der Waals surface area contributed by atoms with Gasteiger partial charge in [0.05, 0.1) is 70.8 Å². The molecule has 12 aromatic carbocycles. The average molecular weight is 1200 g/mol. The Morgan fingerprint density at radius 2 is 0.811 bits per heavy atom. The lowest BCUT2D eigenvalue weighted by Gasteiger charge is -2.16. The molecule has 0 aliphatic rings. The van der Waals surface area contributed by atoms with Crippen molar-refractivity contribution in [2.45, 2.75) is 0 Å². The summed E-state index contributed by atoms with van der Waals surface area (Å²) in [5, 5.41) is 11.4. The Labute approximate surface area is 524 Å². The molecule has 0 fully saturated rings. The number of thiophene rings is 3. The van der Waals surface area contributed by atoms with Crippen LogP contribution in [0.5, 0.6) is 0 Å². The third-order valence-corrected chi connectivity index (χ3v) is 21.6. The second-order valence-electron chi connectivity index (χ2n) is 23.1. The molecule has 7 nitrogen and oxygen atoms in total. The Morgan fingerprint density at radius 1 is 0.289 bits per heavy atom. The van der Waals surface area contributed by atoms with Crippen molar-refractivity contribution in [2.24, 2.45) is 0 Å². The highest BCUT2D eigenvalue weighted by molar-refractivity contribution is 7.27. The zero-order valence-electron chi connectivity index (χ0n) is 47.7. The number of nitrogens with zero attached hydrogens (tertiary/aromatic N) is 6. The van der Waals surface area contributed by atoms with Gasteiger partial charge in [0.15, 0.2) is 11.6 Å². The van der Waals surface area contributed by atoms with Gasteiger partial charge in [0.2, 0.25) is 0 Å². The molecule has 90 heavy (non-hydrogen) atoms. The molecular formula is C80H44N6OS3. The van der Waals surface area contributed by atoms with Gasteiger partial charge < -0.3 is 13.6 Å². The quantitative estimate of drug-likeness (QED) is 0.159. The number of aromatic nitrogens is 6. The summed E-state index contributed by atoms with van der Waals surface area (Å²) in [4.78, 5) is 22.2. The number of fused-ring (bicyclic) bond motifs is 18. The minimum atomic E-state index is 0.604. The van der Waals surface area contributed by atoms with Crippen LogP contribution < -0.4 is 0 Å². The topological polar surface area (TPSA) is 74.6 Å². The molecule has 0 N–H and O–H groups in total. The molecule has 20 aromatic rings. The van der Waals surface area contributed by atoms with Crippen LogP contribution in [0.15, 0.2) is 271 Å². The fourth-order valence-electron chi connectivity index (χ4n) is 14.1. The summed E-state index contributed by atoms with van der Waals surface area (Å²) >= 11 is 5.35. The van der Waals surface area contributed by atoms with Gasteiger partial charge in [0.1, 0.15) is 11.2 Å². The van der Waals surface area contributed by atoms with Gasteiger partial charge in [0, 0.05) is 89.4 Å². The van der Waals surface area contributed by atoms with E-state index in [1.807, 2.05) is 23.5 Å². The maximum atomic E-state index is 7.05. The van der Waals surface area contributed by atoms with Crippen molar-refractivity contribution in [3.05, 3.63) is 267 Å². The van der Waals surface area contributed by atoms with Crippen LogP contribution in [0.4, 0.5) is 0 Å². The zero-order chi connectivity index (χ0) is 58.7. The minimum absolute atomic E-state index is 0.604. The van der Waals surface area contributed by atoms with Gasteiger partial charge in [-0.05, 0) is 90.0 Å². The minimum Gasteiger partial charge on any atom is -0.455 e. The van der Waals surface area contributed by atoms with Crippen LogP contribution in [0.3, 0.4) is 0 Å². The highest BCUT2D eigenvalue weighted by Gasteiger charge is 2.28. The Balaban J connectivity index is 0.820. The van der Waals surface area contributed by atoms with Gasteiger partial charge in [-0.1, -0.05) is 188 Å². The molecule has 10 heteroatoms. The van der Waals surface area contributed by atoms with Crippen molar-refractivity contribution in [1.82, 2.24) is 29.1 Å². The summed E-state index contributed by atoms with van der Waals surface area (Å²) < 4.78 is 18.9. The van der Waals surface area contributed by atoms with Crippen molar-refractivity contribution >= 4 is 160 Å². The Bertz CT molecular complexity index is 6420. The van der Waals surface area contributed by atoms with Crippen molar-refractivity contribution in [3.63, 3.8) is 0 Å². The monoisotopic (exact) mass is 1200 g/mol. The van der Waals surface area contributed by atoms with Crippen LogP contribution in [0.1, 0.15) is 0 Å². The van der Waals surface area contributed by atoms with Crippen LogP contribution in [-0.2, 0) is 0 Å². The summed E-state index contributed by atoms with van der Waals surface area (Å²) in [5.74, 6) is 1.31. The summed E-state index contributed by atoms with van der Waals surface area (Å²) in [5.41, 5.74) is 17.7. The SMILES string of the molecule is c1ccc(-c2nc(-c3cc4c(cc3-n3c5ccccc5c5cc(-c6ccc7c8ccccc8n(-c8ccc9c(oc%10ccccc%109)c8-c8nc(-c9ccccc9)c9sc%10ccccc%10c9n8)c7c6)ccc53)sc3ccccc34)c3sc4ccccc4c3n2)cc1. The first kappa shape index (κ1) is 49.9. The summed E-state index contributed by atoms with van der Waals surface area (Å²) in [6, 6.07) is 96.1. The molecule has 0 aliphatic heterocycles. The fourth-order valence-corrected chi connectivity index (χ4v) is 17.5. The van der Waals surface area contributed by atoms with Crippen molar-refractivity contribution in [1.29, 1.82) is 0 Å². The molecule has 8 heterocycles. The van der Waals surface area contributed by atoms with Gasteiger partial charge in [-0.3, -0.25) is 0 Å². The second kappa shape index (κ2) is 19.2. The predicted molar refractivity (Wildman–Crippen MR) is 379 cm³/mol. The van der Waals surface area contributed by atoms with Gasteiger partial charge in [0.25, 0.3) is 0 Å². The number of benzene rings is 12. The molecule has 0 saturated heterocycles. The molecule has 0 aliphatic carbocycles. The lowest BCUT2D eigenvalue weighted by Crippen LogP contribution is -2.01. The highest BCUT2D eigenvalue weighted by Crippen LogP contribution is 2.49. The lowest BCUT2D eigenvalue weighted by molar-refractivity contribution is 0.669. The van der Waals surface area contributed by atoms with E-state index in [-0.39, 0.29) is 0 Å². The third kappa shape index (κ3) is 7.32. The maximum Gasteiger partial charge on any atom is 0.166 e. The zero-order valence-corrected chi connectivity index (χ0v) is 50.2.